The highest BCUT2D eigenvalue weighted by Crippen LogP contribution is 2.16. The van der Waals surface area contributed by atoms with Crippen LogP contribution in [0.4, 0.5) is 0 Å². The van der Waals surface area contributed by atoms with E-state index in [4.69, 9.17) is 11.6 Å². The molecule has 0 saturated carbocycles. The van der Waals surface area contributed by atoms with E-state index in [1.54, 1.807) is 12.5 Å². The van der Waals surface area contributed by atoms with Crippen molar-refractivity contribution in [3.63, 3.8) is 0 Å². The average Bonchev–Trinajstić information content (AvgIpc) is 2.81. The molecular formula is C12H15ClN4. The van der Waals surface area contributed by atoms with Crippen LogP contribution >= 0.6 is 11.6 Å². The zero-order valence-electron chi connectivity index (χ0n) is 9.89. The molecule has 4 nitrogen and oxygen atoms in total. The summed E-state index contributed by atoms with van der Waals surface area (Å²) in [4.78, 5) is 8.51. The Morgan fingerprint density at radius 2 is 2.24 bits per heavy atom. The van der Waals surface area contributed by atoms with Crippen LogP contribution < -0.4 is 5.32 Å². The lowest BCUT2D eigenvalue weighted by Crippen LogP contribution is -2.22. The molecule has 0 aliphatic carbocycles. The third-order valence-electron chi connectivity index (χ3n) is 2.35. The maximum atomic E-state index is 6.11. The van der Waals surface area contributed by atoms with Crippen molar-refractivity contribution in [3.05, 3.63) is 41.6 Å². The van der Waals surface area contributed by atoms with Crippen molar-refractivity contribution >= 4 is 11.6 Å². The lowest BCUT2D eigenvalue weighted by atomic mass is 10.3. The van der Waals surface area contributed by atoms with Gasteiger partial charge in [-0.3, -0.25) is 4.57 Å². The van der Waals surface area contributed by atoms with Crippen LogP contribution in [0.25, 0.3) is 5.82 Å². The molecule has 0 radical (unpaired) electrons. The quantitative estimate of drug-likeness (QED) is 0.906. The monoisotopic (exact) mass is 250 g/mol. The Hall–Kier alpha value is -1.39. The summed E-state index contributed by atoms with van der Waals surface area (Å²) in [5, 5.41) is 3.99. The Balaban J connectivity index is 2.23. The molecule has 17 heavy (non-hydrogen) atoms. The van der Waals surface area contributed by atoms with Crippen molar-refractivity contribution in [2.75, 3.05) is 0 Å². The lowest BCUT2D eigenvalue weighted by Gasteiger charge is -2.10. The fourth-order valence-electron chi connectivity index (χ4n) is 1.44. The molecule has 2 aromatic rings. The molecule has 0 fully saturated rings. The highest BCUT2D eigenvalue weighted by Gasteiger charge is 2.05. The van der Waals surface area contributed by atoms with Gasteiger partial charge in [-0.1, -0.05) is 25.4 Å². The normalized spacial score (nSPS) is 11.1. The van der Waals surface area contributed by atoms with Gasteiger partial charge in [0.05, 0.1) is 10.7 Å². The summed E-state index contributed by atoms with van der Waals surface area (Å²) in [5.74, 6) is 0.826. The van der Waals surface area contributed by atoms with Crippen molar-refractivity contribution < 1.29 is 0 Å². The topological polar surface area (TPSA) is 42.7 Å². The summed E-state index contributed by atoms with van der Waals surface area (Å²) >= 11 is 6.11. The molecule has 0 unspecified atom stereocenters. The van der Waals surface area contributed by atoms with Gasteiger partial charge < -0.3 is 5.32 Å². The highest BCUT2D eigenvalue weighted by molar-refractivity contribution is 6.31. The summed E-state index contributed by atoms with van der Waals surface area (Å²) < 4.78 is 1.86. The van der Waals surface area contributed by atoms with Crippen LogP contribution in [0, 0.1) is 0 Å². The first-order valence-corrected chi connectivity index (χ1v) is 5.92. The van der Waals surface area contributed by atoms with E-state index in [0.29, 0.717) is 17.6 Å². The summed E-state index contributed by atoms with van der Waals surface area (Å²) in [5.41, 5.74) is 0.853. The van der Waals surface area contributed by atoms with Gasteiger partial charge in [0.2, 0.25) is 0 Å². The average molecular weight is 251 g/mol. The van der Waals surface area contributed by atoms with Crippen molar-refractivity contribution in [1.82, 2.24) is 19.9 Å². The number of halogens is 1. The predicted molar refractivity (Wildman–Crippen MR) is 68.3 cm³/mol. The van der Waals surface area contributed by atoms with E-state index >= 15 is 0 Å². The first-order chi connectivity index (χ1) is 8.16. The van der Waals surface area contributed by atoms with Crippen LogP contribution in [0.15, 0.2) is 30.9 Å². The zero-order valence-corrected chi connectivity index (χ0v) is 10.6. The number of hydrogen-bond acceptors (Lipinski definition) is 3. The Morgan fingerprint density at radius 1 is 1.41 bits per heavy atom. The molecule has 2 aromatic heterocycles. The molecule has 0 amide bonds. The molecule has 1 N–H and O–H groups in total. The minimum absolute atomic E-state index is 0.407. The van der Waals surface area contributed by atoms with Crippen LogP contribution in [-0.2, 0) is 6.54 Å². The Bertz CT molecular complexity index is 479. The number of imidazole rings is 1. The van der Waals surface area contributed by atoms with E-state index in [2.05, 4.69) is 29.1 Å². The second-order valence-corrected chi connectivity index (χ2v) is 4.51. The zero-order chi connectivity index (χ0) is 12.3. The molecule has 0 aliphatic rings. The van der Waals surface area contributed by atoms with Crippen LogP contribution in [0.1, 0.15) is 19.5 Å². The van der Waals surface area contributed by atoms with Crippen molar-refractivity contribution in [2.24, 2.45) is 0 Å². The molecule has 0 bridgehead atoms. The largest absolute Gasteiger partial charge is 0.309 e. The lowest BCUT2D eigenvalue weighted by molar-refractivity contribution is 0.581. The molecule has 2 heterocycles. The van der Waals surface area contributed by atoms with E-state index in [1.807, 2.05) is 22.9 Å². The van der Waals surface area contributed by atoms with Crippen molar-refractivity contribution in [1.29, 1.82) is 0 Å². The number of nitrogens with zero attached hydrogens (tertiary/aromatic N) is 3. The molecule has 2 rings (SSSR count). The second kappa shape index (κ2) is 5.29. The minimum Gasteiger partial charge on any atom is -0.309 e. The predicted octanol–water partition coefficient (Wildman–Crippen LogP) is 2.42. The first-order valence-electron chi connectivity index (χ1n) is 5.54. The number of rotatable bonds is 4. The van der Waals surface area contributed by atoms with Crippen LogP contribution in [0.5, 0.6) is 0 Å². The molecule has 0 saturated heterocycles. The van der Waals surface area contributed by atoms with Gasteiger partial charge in [-0.2, -0.15) is 0 Å². The van der Waals surface area contributed by atoms with Gasteiger partial charge >= 0.3 is 0 Å². The number of hydrogen-bond donors (Lipinski definition) is 1. The second-order valence-electron chi connectivity index (χ2n) is 4.10. The maximum absolute atomic E-state index is 6.11. The van der Waals surface area contributed by atoms with Gasteiger partial charge in [0.1, 0.15) is 12.1 Å². The van der Waals surface area contributed by atoms with Crippen LogP contribution in [0.2, 0.25) is 5.02 Å². The molecule has 0 aliphatic heterocycles. The summed E-state index contributed by atoms with van der Waals surface area (Å²) in [6.45, 7) is 4.85. The SMILES string of the molecule is CC(C)NCc1nc(-n2ccnc2)ccc1Cl. The molecule has 0 atom stereocenters. The molecule has 0 aromatic carbocycles. The summed E-state index contributed by atoms with van der Waals surface area (Å²) in [6, 6.07) is 4.15. The maximum Gasteiger partial charge on any atom is 0.138 e. The fourth-order valence-corrected chi connectivity index (χ4v) is 1.61. The minimum atomic E-state index is 0.407. The van der Waals surface area contributed by atoms with Crippen LogP contribution in [-0.4, -0.2) is 20.6 Å². The number of nitrogens with one attached hydrogen (secondary N) is 1. The van der Waals surface area contributed by atoms with Crippen molar-refractivity contribution in [2.45, 2.75) is 26.4 Å². The van der Waals surface area contributed by atoms with Gasteiger partial charge in [-0.15, -0.1) is 0 Å². The van der Waals surface area contributed by atoms with Gasteiger partial charge in [0.15, 0.2) is 0 Å². The molecule has 90 valence electrons. The van der Waals surface area contributed by atoms with E-state index in [0.717, 1.165) is 11.5 Å². The Morgan fingerprint density at radius 3 is 2.88 bits per heavy atom. The van der Waals surface area contributed by atoms with E-state index in [-0.39, 0.29) is 0 Å². The van der Waals surface area contributed by atoms with E-state index in [9.17, 15) is 0 Å². The smallest absolute Gasteiger partial charge is 0.138 e. The Kier molecular flexibility index (Phi) is 3.76. The van der Waals surface area contributed by atoms with Gasteiger partial charge in [0, 0.05) is 25.0 Å². The third kappa shape index (κ3) is 3.05. The van der Waals surface area contributed by atoms with E-state index in [1.165, 1.54) is 0 Å². The molecule has 0 spiro atoms. The standard InChI is InChI=1S/C12H15ClN4/c1-9(2)15-7-11-10(13)3-4-12(16-11)17-6-5-14-8-17/h3-6,8-9,15H,7H2,1-2H3. The summed E-state index contributed by atoms with van der Waals surface area (Å²) in [6.07, 6.45) is 5.30. The first kappa shape index (κ1) is 12.1. The Labute approximate surface area is 106 Å². The van der Waals surface area contributed by atoms with Gasteiger partial charge in [-0.05, 0) is 12.1 Å². The van der Waals surface area contributed by atoms with Crippen molar-refractivity contribution in [3.8, 4) is 5.82 Å². The summed E-state index contributed by atoms with van der Waals surface area (Å²) in [7, 11) is 0. The number of aromatic nitrogens is 3. The molecule has 5 heteroatoms. The fraction of sp³-hybridized carbons (Fsp3) is 0.333. The molecular weight excluding hydrogens is 236 g/mol. The number of pyridine rings is 1. The highest BCUT2D eigenvalue weighted by atomic mass is 35.5. The van der Waals surface area contributed by atoms with Crippen LogP contribution in [0.3, 0.4) is 0 Å². The van der Waals surface area contributed by atoms with E-state index < -0.39 is 0 Å². The van der Waals surface area contributed by atoms with Gasteiger partial charge in [0.25, 0.3) is 0 Å². The third-order valence-corrected chi connectivity index (χ3v) is 2.69. The van der Waals surface area contributed by atoms with Gasteiger partial charge in [-0.25, -0.2) is 9.97 Å².